The number of rotatable bonds is 8. The largest absolute Gasteiger partial charge is 0.488 e. The van der Waals surface area contributed by atoms with Gasteiger partial charge in [-0.3, -0.25) is 0 Å². The first-order chi connectivity index (χ1) is 45.4. The lowest BCUT2D eigenvalue weighted by Gasteiger charge is -2.11. The Bertz CT molecular complexity index is 5760. The molecule has 4 heterocycles. The summed E-state index contributed by atoms with van der Waals surface area (Å²) in [6.45, 7) is 0. The molecule has 0 amide bonds. The Labute approximate surface area is 540 Å². The van der Waals surface area contributed by atoms with Crippen LogP contribution in [0.25, 0.3) is 143 Å². The van der Waals surface area contributed by atoms with E-state index in [0.29, 0.717) is 5.46 Å². The Kier molecular flexibility index (Phi) is 14.6. The molecule has 0 aliphatic rings. The summed E-state index contributed by atoms with van der Waals surface area (Å²) >= 11 is 3.57. The van der Waals surface area contributed by atoms with E-state index in [1.807, 2.05) is 48.5 Å². The van der Waals surface area contributed by atoms with Gasteiger partial charge in [-0.25, -0.2) is 0 Å². The highest BCUT2D eigenvalue weighted by Crippen LogP contribution is 2.40. The molecule has 6 nitrogen and oxygen atoms in total. The van der Waals surface area contributed by atoms with Crippen LogP contribution in [-0.2, 0) is 0 Å². The van der Waals surface area contributed by atoms with Crippen LogP contribution in [0.1, 0.15) is 0 Å². The van der Waals surface area contributed by atoms with Crippen LogP contribution in [0.3, 0.4) is 0 Å². The van der Waals surface area contributed by atoms with E-state index in [1.54, 1.807) is 6.07 Å². The van der Waals surface area contributed by atoms with Crippen molar-refractivity contribution in [1.82, 2.24) is 18.3 Å². The molecule has 8 heteroatoms. The number of aromatic nitrogens is 4. The second-order valence-corrected chi connectivity index (χ2v) is 24.1. The van der Waals surface area contributed by atoms with Crippen molar-refractivity contribution in [2.45, 2.75) is 0 Å². The lowest BCUT2D eigenvalue weighted by atomic mass is 9.80. The smallest absolute Gasteiger partial charge is 0.423 e. The van der Waals surface area contributed by atoms with Crippen LogP contribution in [0.4, 0.5) is 0 Å². The van der Waals surface area contributed by atoms with Crippen LogP contribution in [-0.4, -0.2) is 35.4 Å². The van der Waals surface area contributed by atoms with Crippen molar-refractivity contribution in [3.8, 4) is 56.1 Å². The van der Waals surface area contributed by atoms with Gasteiger partial charge in [0.15, 0.2) is 0 Å². The molecule has 0 saturated heterocycles. The second kappa shape index (κ2) is 23.9. The van der Waals surface area contributed by atoms with Crippen molar-refractivity contribution in [3.05, 3.63) is 344 Å². The third-order valence-electron chi connectivity index (χ3n) is 17.8. The second-order valence-electron chi connectivity index (χ2n) is 23.2. The molecule has 0 saturated carbocycles. The van der Waals surface area contributed by atoms with E-state index in [9.17, 15) is 10.0 Å². The number of nitrogens with zero attached hydrogens (tertiary/aromatic N) is 4. The fraction of sp³-hybridized carbons (Fsp3) is 0. The lowest BCUT2D eigenvalue weighted by Crippen LogP contribution is -2.29. The molecule has 0 aliphatic heterocycles. The van der Waals surface area contributed by atoms with Crippen LogP contribution >= 0.6 is 15.9 Å². The summed E-state index contributed by atoms with van der Waals surface area (Å²) in [7, 11) is -1.48. The zero-order valence-electron chi connectivity index (χ0n) is 50.0. The molecule has 18 rings (SSSR count). The Balaban J connectivity index is 0.000000120. The topological polar surface area (TPSA) is 60.2 Å². The highest BCUT2D eigenvalue weighted by atomic mass is 79.9. The molecule has 2 N–H and O–H groups in total. The summed E-state index contributed by atoms with van der Waals surface area (Å²) in [5.74, 6) is 0. The van der Waals surface area contributed by atoms with E-state index in [4.69, 9.17) is 0 Å². The summed E-state index contributed by atoms with van der Waals surface area (Å²) in [6, 6.07) is 120. The third kappa shape index (κ3) is 10.1. The maximum Gasteiger partial charge on any atom is 0.488 e. The average molecular weight is 1250 g/mol. The van der Waals surface area contributed by atoms with Gasteiger partial charge in [0.1, 0.15) is 0 Å². The molecular formula is C84H58BBrN4O2. The van der Waals surface area contributed by atoms with Crippen molar-refractivity contribution < 1.29 is 10.0 Å². The fourth-order valence-electron chi connectivity index (χ4n) is 13.6. The molecule has 92 heavy (non-hydrogen) atoms. The van der Waals surface area contributed by atoms with Crippen LogP contribution in [0.2, 0.25) is 0 Å². The van der Waals surface area contributed by atoms with Gasteiger partial charge in [-0.2, -0.15) is 0 Å². The molecule has 0 radical (unpaired) electrons. The summed E-state index contributed by atoms with van der Waals surface area (Å²) in [6.07, 6.45) is 0. The molecule has 0 unspecified atom stereocenters. The van der Waals surface area contributed by atoms with Crippen molar-refractivity contribution in [3.63, 3.8) is 0 Å². The minimum absolute atomic E-state index is 0.494. The molecule has 0 spiro atoms. The highest BCUT2D eigenvalue weighted by molar-refractivity contribution is 9.10. The van der Waals surface area contributed by atoms with Gasteiger partial charge in [-0.1, -0.05) is 234 Å². The third-order valence-corrected chi connectivity index (χ3v) is 18.3. The first kappa shape index (κ1) is 56.0. The molecule has 0 fully saturated rings. The first-order valence-electron chi connectivity index (χ1n) is 31.0. The van der Waals surface area contributed by atoms with E-state index in [0.717, 1.165) is 37.5 Å². The molecule has 14 aromatic carbocycles. The molecule has 0 aliphatic carbocycles. The molecule has 18 aromatic rings. The van der Waals surface area contributed by atoms with Crippen molar-refractivity contribution >= 4 is 116 Å². The molecular weight excluding hydrogens is 1190 g/mol. The zero-order chi connectivity index (χ0) is 61.7. The maximum absolute atomic E-state index is 9.59. The normalized spacial score (nSPS) is 11.4. The van der Waals surface area contributed by atoms with Crippen molar-refractivity contribution in [2.75, 3.05) is 0 Å². The van der Waals surface area contributed by atoms with Crippen LogP contribution in [0.5, 0.6) is 0 Å². The van der Waals surface area contributed by atoms with Crippen LogP contribution in [0, 0.1) is 0 Å². The number of para-hydroxylation sites is 6. The number of halogens is 1. The molecule has 0 bridgehead atoms. The van der Waals surface area contributed by atoms with Gasteiger partial charge in [0, 0.05) is 70.3 Å². The van der Waals surface area contributed by atoms with Gasteiger partial charge < -0.3 is 28.3 Å². The standard InChI is InChI=1S/C42H28N2.C24H18BNO2.C18H12BrN/c1-3-12-29(13-4-1)30-14-11-17-34(26-30)44-40-21-10-8-19-36(40)38-28-32(23-25-42(38)44)31-22-24-41-37(27-31)35-18-7-9-20-39(35)43(41)33-15-5-2-6-16-33;27-25(28)19-13-14-24-22(16-19)21-11-4-5-12-23(21)26(24)20-10-6-9-18(15-20)17-7-2-1-3-8-17;19-13-10-11-18-16(12-13)15-8-4-5-9-17(15)20(18)14-6-2-1-3-7-14/h1-28H;1-16,27-28H;1-12H. The Hall–Kier alpha value is -11.3. The highest BCUT2D eigenvalue weighted by Gasteiger charge is 2.20. The summed E-state index contributed by atoms with van der Waals surface area (Å²) in [4.78, 5) is 0. The molecule has 436 valence electrons. The van der Waals surface area contributed by atoms with Gasteiger partial charge in [0.05, 0.1) is 44.1 Å². The number of hydrogen-bond donors (Lipinski definition) is 2. The summed E-state index contributed by atoms with van der Waals surface area (Å²) in [5, 5.41) is 28.9. The van der Waals surface area contributed by atoms with Crippen LogP contribution in [0.15, 0.2) is 344 Å². The predicted molar refractivity (Wildman–Crippen MR) is 391 cm³/mol. The van der Waals surface area contributed by atoms with Gasteiger partial charge >= 0.3 is 7.12 Å². The zero-order valence-corrected chi connectivity index (χ0v) is 51.6. The van der Waals surface area contributed by atoms with Gasteiger partial charge in [0.2, 0.25) is 0 Å². The summed E-state index contributed by atoms with van der Waals surface area (Å²) in [5.41, 5.74) is 21.8. The summed E-state index contributed by atoms with van der Waals surface area (Å²) < 4.78 is 10.4. The maximum atomic E-state index is 9.59. The minimum atomic E-state index is -1.48. The van der Waals surface area contributed by atoms with Gasteiger partial charge in [0.25, 0.3) is 0 Å². The predicted octanol–water partition coefficient (Wildman–Crippen LogP) is 20.9. The quantitative estimate of drug-likeness (QED) is 0.149. The molecule has 4 aromatic heterocycles. The Morgan fingerprint density at radius 1 is 0.207 bits per heavy atom. The van der Waals surface area contributed by atoms with E-state index in [-0.39, 0.29) is 0 Å². The minimum Gasteiger partial charge on any atom is -0.423 e. The van der Waals surface area contributed by atoms with E-state index < -0.39 is 7.12 Å². The first-order valence-corrected chi connectivity index (χ1v) is 31.8. The Morgan fingerprint density at radius 3 is 0.891 bits per heavy atom. The number of fused-ring (bicyclic) bond motifs is 12. The van der Waals surface area contributed by atoms with E-state index in [1.165, 1.54) is 110 Å². The number of hydrogen-bond acceptors (Lipinski definition) is 2. The van der Waals surface area contributed by atoms with Gasteiger partial charge in [-0.05, 0) is 160 Å². The molecule has 0 atom stereocenters. The van der Waals surface area contributed by atoms with Gasteiger partial charge in [-0.15, -0.1) is 0 Å². The number of benzene rings is 14. The average Bonchev–Trinajstić information content (AvgIpc) is 1.64. The van der Waals surface area contributed by atoms with Crippen molar-refractivity contribution in [2.24, 2.45) is 0 Å². The van der Waals surface area contributed by atoms with Crippen LogP contribution < -0.4 is 5.46 Å². The fourth-order valence-corrected chi connectivity index (χ4v) is 13.9. The SMILES string of the molecule is Brc1ccc2c(c1)c1ccccc1n2-c1ccccc1.OB(O)c1ccc2c(c1)c1ccccc1n2-c1cccc(-c2ccccc2)c1.c1ccc(-c2cccc(-n3c4ccccc4c4cc(-c5ccc6c(c5)c5ccccc5n6-c5ccccc5)ccc43)c2)cc1. The lowest BCUT2D eigenvalue weighted by molar-refractivity contribution is 0.426. The van der Waals surface area contributed by atoms with E-state index >= 15 is 0 Å². The van der Waals surface area contributed by atoms with Crippen molar-refractivity contribution in [1.29, 1.82) is 0 Å². The Morgan fingerprint density at radius 2 is 0.489 bits per heavy atom. The monoisotopic (exact) mass is 1240 g/mol. The van der Waals surface area contributed by atoms with E-state index in [2.05, 4.69) is 319 Å².